The molecular weight excluding hydrogens is 773 g/mol. The van der Waals surface area contributed by atoms with Crippen molar-refractivity contribution >= 4 is 53.3 Å². The summed E-state index contributed by atoms with van der Waals surface area (Å²) in [5.74, 6) is 1.82. The summed E-state index contributed by atoms with van der Waals surface area (Å²) in [5.41, 5.74) is 12.6. The van der Waals surface area contributed by atoms with Crippen molar-refractivity contribution in [2.24, 2.45) is 0 Å². The van der Waals surface area contributed by atoms with Crippen LogP contribution in [0.1, 0.15) is 0 Å². The Hall–Kier alpha value is -7.99. The van der Waals surface area contributed by atoms with Gasteiger partial charge in [-0.2, -0.15) is 0 Å². The molecule has 0 unspecified atom stereocenters. The Morgan fingerprint density at radius 2 is 0.823 bits per heavy atom. The molecule has 0 saturated carbocycles. The van der Waals surface area contributed by atoms with Crippen LogP contribution in [0.25, 0.3) is 115 Å². The highest BCUT2D eigenvalue weighted by molar-refractivity contribution is 7.25. The summed E-state index contributed by atoms with van der Waals surface area (Å²) >= 11 is 1.84. The molecule has 0 N–H and O–H groups in total. The van der Waals surface area contributed by atoms with E-state index in [0.717, 1.165) is 66.8 Å². The van der Waals surface area contributed by atoms with E-state index >= 15 is 0 Å². The normalized spacial score (nSPS) is 11.5. The van der Waals surface area contributed by atoms with Gasteiger partial charge in [-0.25, -0.2) is 15.0 Å². The van der Waals surface area contributed by atoms with E-state index in [1.54, 1.807) is 0 Å². The zero-order valence-corrected chi connectivity index (χ0v) is 34.3. The largest absolute Gasteiger partial charge is 0.308 e. The van der Waals surface area contributed by atoms with Gasteiger partial charge in [0.2, 0.25) is 0 Å². The summed E-state index contributed by atoms with van der Waals surface area (Å²) in [7, 11) is 0. The number of aromatic nitrogens is 4. The lowest BCUT2D eigenvalue weighted by molar-refractivity contribution is 1.07. The maximum absolute atomic E-state index is 5.50. The molecule has 9 aromatic carbocycles. The summed E-state index contributed by atoms with van der Waals surface area (Å²) in [5, 5.41) is 4.93. The Bertz CT molecular complexity index is 3580. The predicted octanol–water partition coefficient (Wildman–Crippen LogP) is 15.3. The summed E-state index contributed by atoms with van der Waals surface area (Å²) in [6.45, 7) is 0. The molecule has 0 radical (unpaired) electrons. The number of thiophene rings is 1. The monoisotopic (exact) mass is 808 g/mol. The van der Waals surface area contributed by atoms with Crippen LogP contribution < -0.4 is 0 Å². The van der Waals surface area contributed by atoms with Crippen LogP contribution in [0.5, 0.6) is 0 Å². The molecule has 4 nitrogen and oxygen atoms in total. The van der Waals surface area contributed by atoms with Crippen molar-refractivity contribution in [2.45, 2.75) is 0 Å². The number of fused-ring (bicyclic) bond motifs is 6. The van der Waals surface area contributed by atoms with Gasteiger partial charge in [-0.05, 0) is 81.9 Å². The van der Waals surface area contributed by atoms with E-state index in [0.29, 0.717) is 17.5 Å². The zero-order valence-electron chi connectivity index (χ0n) is 33.5. The maximum Gasteiger partial charge on any atom is 0.166 e. The number of hydrogen-bond donors (Lipinski definition) is 0. The third-order valence-corrected chi connectivity index (χ3v) is 13.0. The summed E-state index contributed by atoms with van der Waals surface area (Å²) in [4.78, 5) is 16.2. The second-order valence-corrected chi connectivity index (χ2v) is 16.7. The van der Waals surface area contributed by atoms with Gasteiger partial charge in [0.25, 0.3) is 0 Å². The Morgan fingerprint density at radius 3 is 1.53 bits per heavy atom. The second-order valence-electron chi connectivity index (χ2n) is 15.6. The molecular formula is C57H36N4S. The van der Waals surface area contributed by atoms with E-state index in [4.69, 9.17) is 15.0 Å². The molecule has 0 atom stereocenters. The first-order chi connectivity index (χ1) is 30.7. The fourth-order valence-corrected chi connectivity index (χ4v) is 10.0. The van der Waals surface area contributed by atoms with Crippen LogP contribution in [-0.2, 0) is 0 Å². The Morgan fingerprint density at radius 1 is 0.306 bits per heavy atom. The first-order valence-electron chi connectivity index (χ1n) is 20.8. The average Bonchev–Trinajstić information content (AvgIpc) is 3.90. The molecule has 0 spiro atoms. The van der Waals surface area contributed by atoms with Crippen molar-refractivity contribution in [3.8, 4) is 73.2 Å². The molecule has 0 aliphatic heterocycles. The lowest BCUT2D eigenvalue weighted by atomic mass is 9.92. The standard InChI is InChI=1S/C57H36N4S/c1-4-17-37(18-5-1)43-35-47(38-19-6-2-7-20-38)54(51(36-43)61-49-28-13-10-25-44(49)45-26-11-14-29-50(45)61)57-59-55(39-21-8-3-9-22-39)58-56(60-57)42-24-16-23-40(33-42)41-31-32-53-48(34-41)46-27-12-15-30-52(46)62-53/h1-36H. The van der Waals surface area contributed by atoms with Crippen LogP contribution in [0.4, 0.5) is 0 Å². The predicted molar refractivity (Wildman–Crippen MR) is 260 cm³/mol. The molecule has 0 bridgehead atoms. The third kappa shape index (κ3) is 6.18. The molecule has 0 fully saturated rings. The van der Waals surface area contributed by atoms with Crippen LogP contribution in [0.3, 0.4) is 0 Å². The van der Waals surface area contributed by atoms with E-state index in [9.17, 15) is 0 Å². The highest BCUT2D eigenvalue weighted by atomic mass is 32.1. The number of benzene rings is 9. The molecule has 62 heavy (non-hydrogen) atoms. The molecule has 0 amide bonds. The van der Waals surface area contributed by atoms with Gasteiger partial charge in [-0.15, -0.1) is 11.3 Å². The molecule has 12 aromatic rings. The van der Waals surface area contributed by atoms with Crippen molar-refractivity contribution in [3.05, 3.63) is 218 Å². The SMILES string of the molecule is c1ccc(-c2cc(-c3ccccc3)c(-c3nc(-c4ccccc4)nc(-c4cccc(-c5ccc6sc7ccccc7c6c5)c4)n3)c(-n3c4ccccc4c4ccccc43)c2)cc1. The second kappa shape index (κ2) is 14.9. The lowest BCUT2D eigenvalue weighted by Crippen LogP contribution is -2.06. The molecule has 3 aromatic heterocycles. The van der Waals surface area contributed by atoms with E-state index < -0.39 is 0 Å². The van der Waals surface area contributed by atoms with Crippen LogP contribution in [0.2, 0.25) is 0 Å². The fraction of sp³-hybridized carbons (Fsp3) is 0. The van der Waals surface area contributed by atoms with Crippen molar-refractivity contribution in [1.29, 1.82) is 0 Å². The molecule has 3 heterocycles. The van der Waals surface area contributed by atoms with Crippen LogP contribution in [-0.4, -0.2) is 19.5 Å². The van der Waals surface area contributed by atoms with Gasteiger partial charge >= 0.3 is 0 Å². The van der Waals surface area contributed by atoms with Crippen molar-refractivity contribution in [3.63, 3.8) is 0 Å². The highest BCUT2D eigenvalue weighted by Crippen LogP contribution is 2.44. The Balaban J connectivity index is 1.15. The van der Waals surface area contributed by atoms with Gasteiger partial charge in [-0.1, -0.05) is 170 Å². The third-order valence-electron chi connectivity index (χ3n) is 11.9. The summed E-state index contributed by atoms with van der Waals surface area (Å²) < 4.78 is 4.98. The number of nitrogens with zero attached hydrogens (tertiary/aromatic N) is 4. The number of rotatable bonds is 7. The van der Waals surface area contributed by atoms with Gasteiger partial charge in [0, 0.05) is 42.1 Å². The molecule has 290 valence electrons. The first kappa shape index (κ1) is 35.9. The minimum absolute atomic E-state index is 0.598. The van der Waals surface area contributed by atoms with Crippen molar-refractivity contribution < 1.29 is 0 Å². The summed E-state index contributed by atoms with van der Waals surface area (Å²) in [6, 6.07) is 77.5. The zero-order chi connectivity index (χ0) is 41.0. The topological polar surface area (TPSA) is 43.6 Å². The van der Waals surface area contributed by atoms with Gasteiger partial charge < -0.3 is 4.57 Å². The van der Waals surface area contributed by atoms with E-state index in [1.165, 1.54) is 30.9 Å². The van der Waals surface area contributed by atoms with Crippen LogP contribution in [0.15, 0.2) is 218 Å². The van der Waals surface area contributed by atoms with Crippen LogP contribution >= 0.6 is 11.3 Å². The van der Waals surface area contributed by atoms with Gasteiger partial charge in [0.1, 0.15) is 0 Å². The fourth-order valence-electron chi connectivity index (χ4n) is 8.94. The number of hydrogen-bond acceptors (Lipinski definition) is 4. The lowest BCUT2D eigenvalue weighted by Gasteiger charge is -2.20. The maximum atomic E-state index is 5.50. The first-order valence-corrected chi connectivity index (χ1v) is 21.7. The molecule has 0 aliphatic carbocycles. The molecule has 12 rings (SSSR count). The molecule has 5 heteroatoms. The quantitative estimate of drug-likeness (QED) is 0.161. The minimum Gasteiger partial charge on any atom is -0.308 e. The summed E-state index contributed by atoms with van der Waals surface area (Å²) in [6.07, 6.45) is 0. The van der Waals surface area contributed by atoms with Gasteiger partial charge in [0.15, 0.2) is 17.5 Å². The molecule has 0 aliphatic rings. The molecule has 0 saturated heterocycles. The Kier molecular flexibility index (Phi) is 8.65. The Labute approximate surface area is 362 Å². The van der Waals surface area contributed by atoms with E-state index in [-0.39, 0.29) is 0 Å². The van der Waals surface area contributed by atoms with Crippen LogP contribution in [0, 0.1) is 0 Å². The average molecular weight is 809 g/mol. The smallest absolute Gasteiger partial charge is 0.166 e. The van der Waals surface area contributed by atoms with Gasteiger partial charge in [-0.3, -0.25) is 0 Å². The number of para-hydroxylation sites is 2. The van der Waals surface area contributed by atoms with E-state index in [1.807, 2.05) is 29.5 Å². The van der Waals surface area contributed by atoms with Crippen molar-refractivity contribution in [1.82, 2.24) is 19.5 Å². The van der Waals surface area contributed by atoms with Gasteiger partial charge in [0.05, 0.1) is 22.3 Å². The van der Waals surface area contributed by atoms with Crippen molar-refractivity contribution in [2.75, 3.05) is 0 Å². The minimum atomic E-state index is 0.598. The highest BCUT2D eigenvalue weighted by Gasteiger charge is 2.24. The van der Waals surface area contributed by atoms with E-state index in [2.05, 4.69) is 205 Å².